The molecule has 4 rings (SSSR count). The van der Waals surface area contributed by atoms with Gasteiger partial charge in [-0.25, -0.2) is 0 Å². The van der Waals surface area contributed by atoms with Crippen molar-refractivity contribution < 1.29 is 5.11 Å². The molecule has 1 N–H and O–H groups in total. The molecule has 0 spiro atoms. The summed E-state index contributed by atoms with van der Waals surface area (Å²) in [6.07, 6.45) is 4.99. The van der Waals surface area contributed by atoms with Crippen LogP contribution in [0.1, 0.15) is 63.8 Å². The maximum atomic E-state index is 11.2. The van der Waals surface area contributed by atoms with Crippen molar-refractivity contribution in [1.29, 1.82) is 0 Å². The van der Waals surface area contributed by atoms with Crippen molar-refractivity contribution in [2.75, 3.05) is 4.90 Å². The summed E-state index contributed by atoms with van der Waals surface area (Å²) < 4.78 is 0. The molecule has 0 unspecified atom stereocenters. The van der Waals surface area contributed by atoms with Gasteiger partial charge in [0.15, 0.2) is 0 Å². The van der Waals surface area contributed by atoms with E-state index in [1.807, 2.05) is 12.1 Å². The highest BCUT2D eigenvalue weighted by Crippen LogP contribution is 2.39. The van der Waals surface area contributed by atoms with E-state index in [2.05, 4.69) is 144 Å². The quantitative estimate of drug-likeness (QED) is 0.291. The lowest BCUT2D eigenvalue weighted by atomic mass is 9.79. The molecule has 2 heteroatoms. The normalized spacial score (nSPS) is 12.2. The maximum Gasteiger partial charge on any atom is 0.126 e. The van der Waals surface area contributed by atoms with E-state index < -0.39 is 0 Å². The standard InChI is InChI=1S/C35H39NO/c1-34(2,3)28-24-27(33(37)31(25-28)35(4,5)6)18-15-17-26-16-13-14-23-32(26)36(29-19-9-7-10-20-29)30-21-11-8-12-22-30/h7-16,18-25,37H,17H2,1-6H3. The zero-order valence-corrected chi connectivity index (χ0v) is 23.0. The van der Waals surface area contributed by atoms with Crippen LogP contribution in [0.2, 0.25) is 0 Å². The van der Waals surface area contributed by atoms with E-state index in [0.717, 1.165) is 34.6 Å². The molecule has 0 aliphatic heterocycles. The Morgan fingerprint density at radius 1 is 0.676 bits per heavy atom. The molecular weight excluding hydrogens is 450 g/mol. The van der Waals surface area contributed by atoms with Gasteiger partial charge in [-0.15, -0.1) is 0 Å². The van der Waals surface area contributed by atoms with Crippen molar-refractivity contribution in [2.45, 2.75) is 58.8 Å². The first-order chi connectivity index (χ1) is 17.6. The van der Waals surface area contributed by atoms with Crippen molar-refractivity contribution in [2.24, 2.45) is 0 Å². The van der Waals surface area contributed by atoms with Gasteiger partial charge in [-0.1, -0.05) is 114 Å². The predicted molar refractivity (Wildman–Crippen MR) is 159 cm³/mol. The number of para-hydroxylation sites is 3. The molecule has 37 heavy (non-hydrogen) atoms. The molecule has 0 aliphatic carbocycles. The lowest BCUT2D eigenvalue weighted by Crippen LogP contribution is -2.17. The van der Waals surface area contributed by atoms with Gasteiger partial charge in [0.2, 0.25) is 0 Å². The van der Waals surface area contributed by atoms with Crippen LogP contribution in [0.25, 0.3) is 6.08 Å². The first-order valence-electron chi connectivity index (χ1n) is 13.1. The summed E-state index contributed by atoms with van der Waals surface area (Å²) in [4.78, 5) is 2.30. The average Bonchev–Trinajstić information content (AvgIpc) is 2.86. The summed E-state index contributed by atoms with van der Waals surface area (Å²) in [7, 11) is 0. The van der Waals surface area contributed by atoms with Gasteiger partial charge < -0.3 is 10.0 Å². The van der Waals surface area contributed by atoms with Crippen molar-refractivity contribution >= 4 is 23.1 Å². The molecule has 0 bridgehead atoms. The van der Waals surface area contributed by atoms with Crippen LogP contribution in [0.15, 0.2) is 103 Å². The van der Waals surface area contributed by atoms with E-state index in [1.54, 1.807) is 0 Å². The molecule has 0 fully saturated rings. The molecule has 0 atom stereocenters. The summed E-state index contributed by atoms with van der Waals surface area (Å²) in [5.74, 6) is 0.375. The topological polar surface area (TPSA) is 23.5 Å². The Morgan fingerprint density at radius 3 is 1.76 bits per heavy atom. The van der Waals surface area contributed by atoms with Gasteiger partial charge in [-0.2, -0.15) is 0 Å². The third-order valence-electron chi connectivity index (χ3n) is 6.71. The summed E-state index contributed by atoms with van der Waals surface area (Å²) in [6.45, 7) is 13.1. The SMILES string of the molecule is CC(C)(C)c1cc(C=CCc2ccccc2N(c2ccccc2)c2ccccc2)c(O)c(C(C)(C)C)c1. The van der Waals surface area contributed by atoms with Crippen LogP contribution in [0, 0.1) is 0 Å². The maximum absolute atomic E-state index is 11.2. The van der Waals surface area contributed by atoms with Crippen molar-refractivity contribution in [1.82, 2.24) is 0 Å². The van der Waals surface area contributed by atoms with E-state index in [-0.39, 0.29) is 10.8 Å². The number of nitrogens with zero attached hydrogens (tertiary/aromatic N) is 1. The van der Waals surface area contributed by atoms with Crippen LogP contribution < -0.4 is 4.90 Å². The fourth-order valence-corrected chi connectivity index (χ4v) is 4.58. The molecule has 4 aromatic carbocycles. The highest BCUT2D eigenvalue weighted by atomic mass is 16.3. The monoisotopic (exact) mass is 489 g/mol. The average molecular weight is 490 g/mol. The Hall–Kier alpha value is -3.78. The fraction of sp³-hybridized carbons (Fsp3) is 0.257. The van der Waals surface area contributed by atoms with Crippen LogP contribution >= 0.6 is 0 Å². The second-order valence-electron chi connectivity index (χ2n) is 11.7. The summed E-state index contributed by atoms with van der Waals surface area (Å²) >= 11 is 0. The Kier molecular flexibility index (Phi) is 7.59. The Morgan fingerprint density at radius 2 is 1.22 bits per heavy atom. The Labute approximate surface area is 222 Å². The number of allylic oxidation sites excluding steroid dienone is 1. The van der Waals surface area contributed by atoms with Crippen LogP contribution in [0.5, 0.6) is 5.75 Å². The van der Waals surface area contributed by atoms with Crippen LogP contribution in [-0.4, -0.2) is 5.11 Å². The number of anilines is 3. The predicted octanol–water partition coefficient (Wildman–Crippen LogP) is 9.71. The lowest BCUT2D eigenvalue weighted by Gasteiger charge is -2.27. The van der Waals surface area contributed by atoms with Crippen molar-refractivity contribution in [3.63, 3.8) is 0 Å². The number of phenols is 1. The Balaban J connectivity index is 1.73. The van der Waals surface area contributed by atoms with E-state index in [1.165, 1.54) is 11.1 Å². The summed E-state index contributed by atoms with van der Waals surface area (Å²) in [5, 5.41) is 11.2. The zero-order valence-electron chi connectivity index (χ0n) is 23.0. The fourth-order valence-electron chi connectivity index (χ4n) is 4.58. The molecule has 0 heterocycles. The van der Waals surface area contributed by atoms with E-state index in [4.69, 9.17) is 0 Å². The van der Waals surface area contributed by atoms with E-state index in [9.17, 15) is 5.11 Å². The van der Waals surface area contributed by atoms with E-state index in [0.29, 0.717) is 5.75 Å². The largest absolute Gasteiger partial charge is 0.507 e. The van der Waals surface area contributed by atoms with Crippen LogP contribution in [0.4, 0.5) is 17.1 Å². The second kappa shape index (κ2) is 10.7. The number of hydrogen-bond acceptors (Lipinski definition) is 2. The van der Waals surface area contributed by atoms with E-state index >= 15 is 0 Å². The highest BCUT2D eigenvalue weighted by Gasteiger charge is 2.24. The number of rotatable bonds is 6. The molecule has 0 saturated carbocycles. The van der Waals surface area contributed by atoms with Gasteiger partial charge in [0.1, 0.15) is 5.75 Å². The van der Waals surface area contributed by atoms with Crippen molar-refractivity contribution in [3.8, 4) is 5.75 Å². The van der Waals surface area contributed by atoms with Gasteiger partial charge >= 0.3 is 0 Å². The number of benzene rings is 4. The highest BCUT2D eigenvalue weighted by molar-refractivity contribution is 5.78. The molecule has 2 nitrogen and oxygen atoms in total. The third kappa shape index (κ3) is 6.14. The van der Waals surface area contributed by atoms with Gasteiger partial charge in [0.05, 0.1) is 0 Å². The number of phenolic OH excluding ortho intramolecular Hbond substituents is 1. The van der Waals surface area contributed by atoms with Gasteiger partial charge in [0, 0.05) is 28.2 Å². The molecule has 0 saturated heterocycles. The minimum atomic E-state index is -0.146. The lowest BCUT2D eigenvalue weighted by molar-refractivity contribution is 0.443. The molecule has 0 aromatic heterocycles. The first-order valence-corrected chi connectivity index (χ1v) is 13.1. The van der Waals surface area contributed by atoms with Crippen LogP contribution in [-0.2, 0) is 17.3 Å². The minimum absolute atomic E-state index is 0.00520. The molecule has 190 valence electrons. The molecular formula is C35H39NO. The smallest absolute Gasteiger partial charge is 0.126 e. The third-order valence-corrected chi connectivity index (χ3v) is 6.71. The first kappa shape index (κ1) is 26.3. The molecule has 0 amide bonds. The molecule has 0 aliphatic rings. The van der Waals surface area contributed by atoms with Gasteiger partial charge in [-0.3, -0.25) is 0 Å². The minimum Gasteiger partial charge on any atom is -0.507 e. The number of hydrogen-bond donors (Lipinski definition) is 1. The Bertz CT molecular complexity index is 1320. The summed E-state index contributed by atoms with van der Waals surface area (Å²) in [6, 6.07) is 33.8. The van der Waals surface area contributed by atoms with Crippen LogP contribution in [0.3, 0.4) is 0 Å². The van der Waals surface area contributed by atoms with Gasteiger partial charge in [0.25, 0.3) is 0 Å². The number of aromatic hydroxyl groups is 1. The van der Waals surface area contributed by atoms with Crippen molar-refractivity contribution in [3.05, 3.63) is 125 Å². The molecule has 0 radical (unpaired) electrons. The summed E-state index contributed by atoms with van der Waals surface area (Å²) in [5.41, 5.74) is 7.54. The van der Waals surface area contributed by atoms with Gasteiger partial charge in [-0.05, 0) is 64.8 Å². The molecule has 4 aromatic rings. The zero-order chi connectivity index (χ0) is 26.6. The second-order valence-corrected chi connectivity index (χ2v) is 11.7.